The summed E-state index contributed by atoms with van der Waals surface area (Å²) >= 11 is 0. The lowest BCUT2D eigenvalue weighted by Gasteiger charge is -2.05. The lowest BCUT2D eigenvalue weighted by molar-refractivity contribution is -0.140. The van der Waals surface area contributed by atoms with Gasteiger partial charge in [0.15, 0.2) is 0 Å². The van der Waals surface area contributed by atoms with E-state index in [0.717, 1.165) is 11.1 Å². The van der Waals surface area contributed by atoms with Crippen LogP contribution in [0.5, 0.6) is 5.75 Å². The normalized spacial score (nSPS) is 9.81. The fraction of sp³-hybridized carbons (Fsp3) is 0.308. The molecule has 0 heterocycles. The number of carbonyl (C=O) groups is 1. The molecule has 0 saturated heterocycles. The largest absolute Gasteiger partial charge is 0.508 e. The van der Waals surface area contributed by atoms with Gasteiger partial charge in [-0.05, 0) is 30.0 Å². The molecule has 0 fully saturated rings. The van der Waals surface area contributed by atoms with Gasteiger partial charge in [0.05, 0.1) is 7.11 Å². The average molecular weight is 220 g/mol. The smallest absolute Gasteiger partial charge is 0.305 e. The summed E-state index contributed by atoms with van der Waals surface area (Å²) in [5.74, 6) is 0.0417. The second-order valence-corrected chi connectivity index (χ2v) is 3.53. The maximum Gasteiger partial charge on any atom is 0.305 e. The summed E-state index contributed by atoms with van der Waals surface area (Å²) in [6, 6.07) is 5.34. The Morgan fingerprint density at radius 2 is 2.31 bits per heavy atom. The van der Waals surface area contributed by atoms with Gasteiger partial charge in [0, 0.05) is 6.42 Å². The van der Waals surface area contributed by atoms with Gasteiger partial charge < -0.3 is 9.84 Å². The van der Waals surface area contributed by atoms with E-state index in [-0.39, 0.29) is 11.7 Å². The van der Waals surface area contributed by atoms with Crippen LogP contribution in [0.2, 0.25) is 0 Å². The number of ether oxygens (including phenoxy) is 1. The molecule has 3 nitrogen and oxygen atoms in total. The summed E-state index contributed by atoms with van der Waals surface area (Å²) < 4.78 is 4.57. The molecule has 3 heteroatoms. The van der Waals surface area contributed by atoms with Crippen molar-refractivity contribution in [3.05, 3.63) is 42.0 Å². The number of aromatic hydroxyl groups is 1. The summed E-state index contributed by atoms with van der Waals surface area (Å²) in [5, 5.41) is 9.55. The molecular weight excluding hydrogens is 204 g/mol. The molecule has 0 unspecified atom stereocenters. The Labute approximate surface area is 95.4 Å². The molecule has 0 radical (unpaired) electrons. The van der Waals surface area contributed by atoms with Crippen molar-refractivity contribution in [1.29, 1.82) is 0 Å². The van der Waals surface area contributed by atoms with E-state index in [4.69, 9.17) is 0 Å². The van der Waals surface area contributed by atoms with Crippen molar-refractivity contribution in [1.82, 2.24) is 0 Å². The highest BCUT2D eigenvalue weighted by molar-refractivity contribution is 5.69. The van der Waals surface area contributed by atoms with Crippen LogP contribution in [-0.4, -0.2) is 18.2 Å². The van der Waals surface area contributed by atoms with E-state index >= 15 is 0 Å². The van der Waals surface area contributed by atoms with Crippen LogP contribution in [0, 0.1) is 0 Å². The number of phenolic OH excluding ortho intramolecular Hbond substituents is 1. The van der Waals surface area contributed by atoms with E-state index in [9.17, 15) is 9.90 Å². The Morgan fingerprint density at radius 1 is 1.56 bits per heavy atom. The van der Waals surface area contributed by atoms with Crippen molar-refractivity contribution in [2.24, 2.45) is 0 Å². The maximum absolute atomic E-state index is 11.0. The molecule has 1 aromatic carbocycles. The minimum Gasteiger partial charge on any atom is -0.508 e. The number of aryl methyl sites for hydroxylation is 1. The summed E-state index contributed by atoms with van der Waals surface area (Å²) in [6.45, 7) is 3.63. The van der Waals surface area contributed by atoms with Gasteiger partial charge in [0.2, 0.25) is 0 Å². The van der Waals surface area contributed by atoms with Gasteiger partial charge in [-0.3, -0.25) is 4.79 Å². The molecule has 0 aliphatic carbocycles. The number of methoxy groups -OCH3 is 1. The zero-order valence-corrected chi connectivity index (χ0v) is 9.40. The molecule has 0 bridgehead atoms. The van der Waals surface area contributed by atoms with Crippen LogP contribution < -0.4 is 0 Å². The number of allylic oxidation sites excluding steroid dienone is 1. The molecule has 1 aromatic rings. The molecule has 1 N–H and O–H groups in total. The van der Waals surface area contributed by atoms with E-state index in [2.05, 4.69) is 11.3 Å². The molecule has 1 rings (SSSR count). The van der Waals surface area contributed by atoms with Crippen molar-refractivity contribution in [2.75, 3.05) is 7.11 Å². The fourth-order valence-electron chi connectivity index (χ4n) is 1.46. The monoisotopic (exact) mass is 220 g/mol. The Hall–Kier alpha value is -1.77. The molecule has 0 aliphatic heterocycles. The first-order valence-electron chi connectivity index (χ1n) is 5.16. The molecule has 0 aromatic heterocycles. The Bertz CT molecular complexity index is 383. The molecule has 0 atom stereocenters. The van der Waals surface area contributed by atoms with Gasteiger partial charge in [0.1, 0.15) is 5.75 Å². The number of rotatable bonds is 5. The van der Waals surface area contributed by atoms with Gasteiger partial charge in [-0.15, -0.1) is 6.58 Å². The molecule has 0 amide bonds. The average Bonchev–Trinajstić information content (AvgIpc) is 2.30. The van der Waals surface area contributed by atoms with Gasteiger partial charge >= 0.3 is 5.97 Å². The summed E-state index contributed by atoms with van der Waals surface area (Å²) in [7, 11) is 1.38. The van der Waals surface area contributed by atoms with E-state index < -0.39 is 0 Å². The van der Waals surface area contributed by atoms with Crippen molar-refractivity contribution in [3.63, 3.8) is 0 Å². The molecule has 86 valence electrons. The quantitative estimate of drug-likeness (QED) is 0.611. The lowest BCUT2D eigenvalue weighted by Crippen LogP contribution is -2.02. The second-order valence-electron chi connectivity index (χ2n) is 3.53. The van der Waals surface area contributed by atoms with Crippen LogP contribution in [-0.2, 0) is 22.4 Å². The fourth-order valence-corrected chi connectivity index (χ4v) is 1.46. The molecular formula is C13H16O3. The third-order valence-electron chi connectivity index (χ3n) is 2.35. The SMILES string of the molecule is C=CCc1cc(CCC(=O)OC)ccc1O. The Balaban J connectivity index is 2.70. The standard InChI is InChI=1S/C13H16O3/c1-3-4-11-9-10(5-7-12(11)14)6-8-13(15)16-2/h3,5,7,9,14H,1,4,6,8H2,2H3. The van der Waals surface area contributed by atoms with Gasteiger partial charge in [-0.25, -0.2) is 0 Å². The van der Waals surface area contributed by atoms with Crippen molar-refractivity contribution < 1.29 is 14.6 Å². The number of hydrogen-bond donors (Lipinski definition) is 1. The first kappa shape index (κ1) is 12.3. The van der Waals surface area contributed by atoms with Crippen molar-refractivity contribution in [3.8, 4) is 5.75 Å². The molecule has 0 spiro atoms. The topological polar surface area (TPSA) is 46.5 Å². The van der Waals surface area contributed by atoms with Gasteiger partial charge in [-0.1, -0.05) is 18.2 Å². The Kier molecular flexibility index (Phi) is 4.58. The van der Waals surface area contributed by atoms with Crippen LogP contribution in [0.15, 0.2) is 30.9 Å². The summed E-state index contributed by atoms with van der Waals surface area (Å²) in [6.07, 6.45) is 3.34. The van der Waals surface area contributed by atoms with E-state index in [1.165, 1.54) is 7.11 Å². The first-order valence-corrected chi connectivity index (χ1v) is 5.16. The highest BCUT2D eigenvalue weighted by atomic mass is 16.5. The summed E-state index contributed by atoms with van der Waals surface area (Å²) in [4.78, 5) is 11.0. The maximum atomic E-state index is 11.0. The van der Waals surface area contributed by atoms with Gasteiger partial charge in [0.25, 0.3) is 0 Å². The van der Waals surface area contributed by atoms with Crippen LogP contribution in [0.4, 0.5) is 0 Å². The molecule has 0 aliphatic rings. The third kappa shape index (κ3) is 3.42. The van der Waals surface area contributed by atoms with Crippen LogP contribution in [0.3, 0.4) is 0 Å². The van der Waals surface area contributed by atoms with Crippen LogP contribution in [0.25, 0.3) is 0 Å². The van der Waals surface area contributed by atoms with Gasteiger partial charge in [-0.2, -0.15) is 0 Å². The highest BCUT2D eigenvalue weighted by Crippen LogP contribution is 2.20. The number of esters is 1. The van der Waals surface area contributed by atoms with E-state index in [1.54, 1.807) is 12.1 Å². The lowest BCUT2D eigenvalue weighted by atomic mass is 10.0. The molecule has 16 heavy (non-hydrogen) atoms. The predicted molar refractivity (Wildman–Crippen MR) is 62.3 cm³/mol. The third-order valence-corrected chi connectivity index (χ3v) is 2.35. The zero-order chi connectivity index (χ0) is 12.0. The zero-order valence-electron chi connectivity index (χ0n) is 9.40. The minimum atomic E-state index is -0.224. The molecule has 0 saturated carbocycles. The van der Waals surface area contributed by atoms with Crippen LogP contribution >= 0.6 is 0 Å². The number of carbonyl (C=O) groups excluding carboxylic acids is 1. The number of benzene rings is 1. The Morgan fingerprint density at radius 3 is 2.94 bits per heavy atom. The van der Waals surface area contributed by atoms with E-state index in [0.29, 0.717) is 19.3 Å². The number of phenols is 1. The van der Waals surface area contributed by atoms with Crippen molar-refractivity contribution in [2.45, 2.75) is 19.3 Å². The predicted octanol–water partition coefficient (Wildman–Crippen LogP) is 2.23. The highest BCUT2D eigenvalue weighted by Gasteiger charge is 2.04. The van der Waals surface area contributed by atoms with Crippen molar-refractivity contribution >= 4 is 5.97 Å². The number of hydrogen-bond acceptors (Lipinski definition) is 3. The minimum absolute atomic E-state index is 0.224. The second kappa shape index (κ2) is 5.95. The van der Waals surface area contributed by atoms with Crippen LogP contribution in [0.1, 0.15) is 17.5 Å². The summed E-state index contributed by atoms with van der Waals surface area (Å²) in [5.41, 5.74) is 1.84. The van der Waals surface area contributed by atoms with E-state index in [1.807, 2.05) is 12.1 Å². The first-order chi connectivity index (χ1) is 7.67.